The molecule has 0 amide bonds. The van der Waals surface area contributed by atoms with Crippen molar-refractivity contribution in [2.24, 2.45) is 0 Å². The molecule has 0 aliphatic carbocycles. The molecular formula is C13H24N4O. The van der Waals surface area contributed by atoms with Crippen LogP contribution in [0, 0.1) is 0 Å². The van der Waals surface area contributed by atoms with E-state index < -0.39 is 0 Å². The Labute approximate surface area is 109 Å². The normalized spacial score (nSPS) is 20.2. The monoisotopic (exact) mass is 252 g/mol. The van der Waals surface area contributed by atoms with E-state index in [0.29, 0.717) is 12.6 Å². The molecule has 0 saturated carbocycles. The van der Waals surface area contributed by atoms with Gasteiger partial charge in [-0.2, -0.15) is 5.10 Å². The lowest BCUT2D eigenvalue weighted by Gasteiger charge is -2.23. The highest BCUT2D eigenvalue weighted by Gasteiger charge is 2.12. The zero-order chi connectivity index (χ0) is 12.6. The number of piperidine rings is 1. The van der Waals surface area contributed by atoms with Crippen LogP contribution in [0.25, 0.3) is 0 Å². The minimum absolute atomic E-state index is 0.576. The third-order valence-corrected chi connectivity index (χ3v) is 3.39. The number of aromatic nitrogens is 3. The second kappa shape index (κ2) is 7.48. The molecule has 1 aliphatic rings. The first-order chi connectivity index (χ1) is 8.90. The molecule has 0 spiro atoms. The van der Waals surface area contributed by atoms with E-state index in [4.69, 9.17) is 4.74 Å². The molecule has 1 unspecified atom stereocenters. The summed E-state index contributed by atoms with van der Waals surface area (Å²) in [5.74, 6) is 0.938. The SMILES string of the molecule is CCCn1ncnc1COCCC1CCCCN1. The Hall–Kier alpha value is -0.940. The number of ether oxygens (including phenoxy) is 1. The van der Waals surface area contributed by atoms with Crippen molar-refractivity contribution in [3.63, 3.8) is 0 Å². The molecule has 102 valence electrons. The van der Waals surface area contributed by atoms with Crippen molar-refractivity contribution in [2.45, 2.75) is 58.2 Å². The van der Waals surface area contributed by atoms with Crippen molar-refractivity contribution >= 4 is 0 Å². The Morgan fingerprint density at radius 2 is 2.44 bits per heavy atom. The van der Waals surface area contributed by atoms with Gasteiger partial charge in [-0.3, -0.25) is 0 Å². The van der Waals surface area contributed by atoms with Crippen molar-refractivity contribution in [1.82, 2.24) is 20.1 Å². The molecule has 1 atom stereocenters. The summed E-state index contributed by atoms with van der Waals surface area (Å²) in [5, 5.41) is 7.72. The van der Waals surface area contributed by atoms with E-state index in [2.05, 4.69) is 22.3 Å². The van der Waals surface area contributed by atoms with E-state index in [-0.39, 0.29) is 0 Å². The van der Waals surface area contributed by atoms with Crippen LogP contribution in [-0.2, 0) is 17.9 Å². The Morgan fingerprint density at radius 1 is 1.50 bits per heavy atom. The van der Waals surface area contributed by atoms with Crippen LogP contribution < -0.4 is 5.32 Å². The zero-order valence-electron chi connectivity index (χ0n) is 11.3. The molecular weight excluding hydrogens is 228 g/mol. The Balaban J connectivity index is 1.63. The summed E-state index contributed by atoms with van der Waals surface area (Å²) >= 11 is 0. The number of hydrogen-bond acceptors (Lipinski definition) is 4. The smallest absolute Gasteiger partial charge is 0.152 e. The van der Waals surface area contributed by atoms with Gasteiger partial charge in [0.2, 0.25) is 0 Å². The van der Waals surface area contributed by atoms with Gasteiger partial charge in [-0.25, -0.2) is 9.67 Å². The fourth-order valence-corrected chi connectivity index (χ4v) is 2.36. The summed E-state index contributed by atoms with van der Waals surface area (Å²) in [6.07, 6.45) is 7.73. The van der Waals surface area contributed by atoms with E-state index in [0.717, 1.165) is 38.4 Å². The molecule has 1 fully saturated rings. The molecule has 1 saturated heterocycles. The van der Waals surface area contributed by atoms with E-state index in [1.54, 1.807) is 6.33 Å². The lowest BCUT2D eigenvalue weighted by Crippen LogP contribution is -2.34. The second-order valence-corrected chi connectivity index (χ2v) is 4.89. The van der Waals surface area contributed by atoms with Gasteiger partial charge in [-0.1, -0.05) is 13.3 Å². The van der Waals surface area contributed by atoms with Gasteiger partial charge >= 0.3 is 0 Å². The molecule has 0 bridgehead atoms. The molecule has 1 aromatic rings. The summed E-state index contributed by atoms with van der Waals surface area (Å²) in [7, 11) is 0. The molecule has 1 aromatic heterocycles. The highest BCUT2D eigenvalue weighted by Crippen LogP contribution is 2.10. The molecule has 2 rings (SSSR count). The standard InChI is InChI=1S/C13H24N4O/c1-2-8-17-13(15-11-16-17)10-18-9-6-12-5-3-4-7-14-12/h11-12,14H,2-10H2,1H3. The summed E-state index contributed by atoms with van der Waals surface area (Å²) in [5.41, 5.74) is 0. The van der Waals surface area contributed by atoms with Gasteiger partial charge in [0.15, 0.2) is 5.82 Å². The average molecular weight is 252 g/mol. The summed E-state index contributed by atoms with van der Waals surface area (Å²) in [6.45, 7) is 5.60. The van der Waals surface area contributed by atoms with E-state index >= 15 is 0 Å². The first-order valence-electron chi connectivity index (χ1n) is 7.08. The third-order valence-electron chi connectivity index (χ3n) is 3.39. The van der Waals surface area contributed by atoms with Crippen LogP contribution >= 0.6 is 0 Å². The topological polar surface area (TPSA) is 52.0 Å². The van der Waals surface area contributed by atoms with E-state index in [1.807, 2.05) is 4.68 Å². The van der Waals surface area contributed by atoms with Crippen LogP contribution in [0.2, 0.25) is 0 Å². The van der Waals surface area contributed by atoms with Crippen molar-refractivity contribution in [3.8, 4) is 0 Å². The van der Waals surface area contributed by atoms with Crippen molar-refractivity contribution < 1.29 is 4.74 Å². The third kappa shape index (κ3) is 4.07. The quantitative estimate of drug-likeness (QED) is 0.751. The summed E-state index contributed by atoms with van der Waals surface area (Å²) in [6, 6.07) is 0.646. The molecule has 2 heterocycles. The lowest BCUT2D eigenvalue weighted by atomic mass is 10.0. The molecule has 1 aliphatic heterocycles. The Bertz CT molecular complexity index is 333. The average Bonchev–Trinajstić information content (AvgIpc) is 2.84. The molecule has 5 heteroatoms. The van der Waals surface area contributed by atoms with E-state index in [1.165, 1.54) is 19.3 Å². The number of hydrogen-bond donors (Lipinski definition) is 1. The number of nitrogens with one attached hydrogen (secondary N) is 1. The molecule has 18 heavy (non-hydrogen) atoms. The van der Waals surface area contributed by atoms with Crippen LogP contribution in [0.4, 0.5) is 0 Å². The Morgan fingerprint density at radius 3 is 3.22 bits per heavy atom. The summed E-state index contributed by atoms with van der Waals surface area (Å²) < 4.78 is 7.63. The van der Waals surface area contributed by atoms with E-state index in [9.17, 15) is 0 Å². The summed E-state index contributed by atoms with van der Waals surface area (Å²) in [4.78, 5) is 4.23. The molecule has 0 aromatic carbocycles. The predicted octanol–water partition coefficient (Wildman–Crippen LogP) is 1.74. The van der Waals surface area contributed by atoms with Crippen LogP contribution in [-0.4, -0.2) is 34.0 Å². The van der Waals surface area contributed by atoms with Crippen LogP contribution in [0.15, 0.2) is 6.33 Å². The van der Waals surface area contributed by atoms with Crippen LogP contribution in [0.1, 0.15) is 44.9 Å². The van der Waals surface area contributed by atoms with Crippen LogP contribution in [0.3, 0.4) is 0 Å². The van der Waals surface area contributed by atoms with Gasteiger partial charge < -0.3 is 10.1 Å². The van der Waals surface area contributed by atoms with Gasteiger partial charge in [-0.05, 0) is 32.2 Å². The lowest BCUT2D eigenvalue weighted by molar-refractivity contribution is 0.100. The maximum atomic E-state index is 5.70. The first kappa shape index (κ1) is 13.5. The highest BCUT2D eigenvalue weighted by molar-refractivity contribution is 4.81. The fraction of sp³-hybridized carbons (Fsp3) is 0.846. The largest absolute Gasteiger partial charge is 0.373 e. The van der Waals surface area contributed by atoms with Gasteiger partial charge in [0.1, 0.15) is 12.9 Å². The predicted molar refractivity (Wildman–Crippen MR) is 70.2 cm³/mol. The molecule has 0 radical (unpaired) electrons. The second-order valence-electron chi connectivity index (χ2n) is 4.89. The fourth-order valence-electron chi connectivity index (χ4n) is 2.36. The first-order valence-corrected chi connectivity index (χ1v) is 7.08. The number of nitrogens with zero attached hydrogens (tertiary/aromatic N) is 3. The van der Waals surface area contributed by atoms with Crippen LogP contribution in [0.5, 0.6) is 0 Å². The van der Waals surface area contributed by atoms with Crippen molar-refractivity contribution in [1.29, 1.82) is 0 Å². The van der Waals surface area contributed by atoms with Gasteiger partial charge in [0, 0.05) is 19.2 Å². The van der Waals surface area contributed by atoms with Crippen molar-refractivity contribution in [3.05, 3.63) is 12.2 Å². The van der Waals surface area contributed by atoms with Gasteiger partial charge in [0.05, 0.1) is 0 Å². The number of aryl methyl sites for hydroxylation is 1. The minimum Gasteiger partial charge on any atom is -0.373 e. The highest BCUT2D eigenvalue weighted by atomic mass is 16.5. The maximum Gasteiger partial charge on any atom is 0.152 e. The van der Waals surface area contributed by atoms with Crippen molar-refractivity contribution in [2.75, 3.05) is 13.2 Å². The minimum atomic E-state index is 0.576. The zero-order valence-corrected chi connectivity index (χ0v) is 11.3. The molecule has 5 nitrogen and oxygen atoms in total. The number of rotatable bonds is 7. The molecule has 1 N–H and O–H groups in total. The van der Waals surface area contributed by atoms with Gasteiger partial charge in [-0.15, -0.1) is 0 Å². The Kier molecular flexibility index (Phi) is 5.61. The maximum absolute atomic E-state index is 5.70. The van der Waals surface area contributed by atoms with Gasteiger partial charge in [0.25, 0.3) is 0 Å².